The van der Waals surface area contributed by atoms with Gasteiger partial charge in [0.05, 0.1) is 12.9 Å². The Morgan fingerprint density at radius 1 is 1.39 bits per heavy atom. The summed E-state index contributed by atoms with van der Waals surface area (Å²) in [5.41, 5.74) is -1.20. The maximum Gasteiger partial charge on any atom is 0.330 e. The quantitative estimate of drug-likeness (QED) is 0.462. The molecular formula is C13H16N4O6. The summed E-state index contributed by atoms with van der Waals surface area (Å²) in [4.78, 5) is 30.7. The molecule has 0 bridgehead atoms. The van der Waals surface area contributed by atoms with Crippen LogP contribution in [-0.4, -0.2) is 59.3 Å². The molecule has 124 valence electrons. The van der Waals surface area contributed by atoms with E-state index in [9.17, 15) is 19.8 Å². The van der Waals surface area contributed by atoms with Crippen LogP contribution in [0.25, 0.3) is 11.2 Å². The van der Waals surface area contributed by atoms with Crippen molar-refractivity contribution in [3.63, 3.8) is 0 Å². The number of allylic oxidation sites excluding steroid dienone is 1. The number of aromatic nitrogens is 4. The number of ether oxygens (including phenoxy) is 1. The van der Waals surface area contributed by atoms with E-state index in [-0.39, 0.29) is 17.7 Å². The molecular weight excluding hydrogens is 308 g/mol. The first-order valence-electron chi connectivity index (χ1n) is 6.92. The first-order valence-corrected chi connectivity index (χ1v) is 6.92. The highest BCUT2D eigenvalue weighted by atomic mass is 16.6. The Kier molecular flexibility index (Phi) is 3.90. The van der Waals surface area contributed by atoms with Gasteiger partial charge >= 0.3 is 5.69 Å². The number of hydrogen-bond donors (Lipinski definition) is 4. The molecule has 0 aliphatic carbocycles. The lowest BCUT2D eigenvalue weighted by molar-refractivity contribution is -0.0511. The minimum atomic E-state index is -1.34. The van der Waals surface area contributed by atoms with Gasteiger partial charge in [0.15, 0.2) is 11.7 Å². The van der Waals surface area contributed by atoms with Crippen LogP contribution in [0, 0.1) is 0 Å². The third-order valence-corrected chi connectivity index (χ3v) is 3.81. The fraction of sp³-hybridized carbons (Fsp3) is 0.462. The molecule has 1 saturated heterocycles. The SMILES string of the molecule is C=CCn1c(=O)[nH]c2c(ncn2[C@H]2O[C@@H](CO)[C@H](O)[C@@H]2O)c1=O. The molecule has 4 N–H and O–H groups in total. The lowest BCUT2D eigenvalue weighted by Gasteiger charge is -2.16. The van der Waals surface area contributed by atoms with E-state index < -0.39 is 42.4 Å². The molecule has 0 radical (unpaired) electrons. The topological polar surface area (TPSA) is 143 Å². The van der Waals surface area contributed by atoms with E-state index in [1.165, 1.54) is 17.0 Å². The van der Waals surface area contributed by atoms with E-state index in [4.69, 9.17) is 9.84 Å². The molecule has 0 spiro atoms. The summed E-state index contributed by atoms with van der Waals surface area (Å²) < 4.78 is 7.56. The van der Waals surface area contributed by atoms with Gasteiger partial charge < -0.3 is 20.1 Å². The van der Waals surface area contributed by atoms with Gasteiger partial charge in [-0.1, -0.05) is 6.08 Å². The Hall–Kier alpha value is -2.27. The zero-order chi connectivity index (χ0) is 16.7. The number of fused-ring (bicyclic) bond motifs is 1. The van der Waals surface area contributed by atoms with Gasteiger partial charge in [0.1, 0.15) is 24.0 Å². The van der Waals surface area contributed by atoms with Crippen LogP contribution in [0.1, 0.15) is 6.23 Å². The van der Waals surface area contributed by atoms with Gasteiger partial charge in [-0.2, -0.15) is 0 Å². The summed E-state index contributed by atoms with van der Waals surface area (Å²) >= 11 is 0. The highest BCUT2D eigenvalue weighted by molar-refractivity contribution is 5.69. The molecule has 3 heterocycles. The average Bonchev–Trinajstić information content (AvgIpc) is 3.06. The number of rotatable bonds is 4. The molecule has 1 fully saturated rings. The number of H-pyrrole nitrogens is 1. The molecule has 0 aromatic carbocycles. The Balaban J connectivity index is 2.13. The molecule has 0 saturated carbocycles. The van der Waals surface area contributed by atoms with E-state index >= 15 is 0 Å². The molecule has 3 rings (SSSR count). The molecule has 2 aromatic rings. The number of aromatic amines is 1. The first kappa shape index (κ1) is 15.6. The summed E-state index contributed by atoms with van der Waals surface area (Å²) in [6.45, 7) is 3.03. The lowest BCUT2D eigenvalue weighted by atomic mass is 10.1. The van der Waals surface area contributed by atoms with Gasteiger partial charge in [-0.15, -0.1) is 6.58 Å². The van der Waals surface area contributed by atoms with Crippen molar-refractivity contribution in [2.45, 2.75) is 31.1 Å². The fourth-order valence-electron chi connectivity index (χ4n) is 2.63. The van der Waals surface area contributed by atoms with Crippen LogP contribution in [0.15, 0.2) is 28.6 Å². The van der Waals surface area contributed by atoms with Crippen LogP contribution >= 0.6 is 0 Å². The van der Waals surface area contributed by atoms with Crippen LogP contribution < -0.4 is 11.2 Å². The average molecular weight is 324 g/mol. The second-order valence-corrected chi connectivity index (χ2v) is 5.21. The minimum Gasteiger partial charge on any atom is -0.394 e. The number of nitrogens with one attached hydrogen (secondary N) is 1. The van der Waals surface area contributed by atoms with Crippen LogP contribution in [0.3, 0.4) is 0 Å². The van der Waals surface area contributed by atoms with Gasteiger partial charge in [0.2, 0.25) is 0 Å². The standard InChI is InChI=1S/C13H16N4O6/c1-2-3-16-11(21)7-10(15-13(16)22)17(5-14-7)12-9(20)8(19)6(4-18)23-12/h2,5-6,8-9,12,18-20H,1,3-4H2,(H,15,22)/t6-,8-,9-,12-/m0/s1. The summed E-state index contributed by atoms with van der Waals surface area (Å²) in [6, 6.07) is 0. The third kappa shape index (κ3) is 2.32. The van der Waals surface area contributed by atoms with Crippen LogP contribution in [0.5, 0.6) is 0 Å². The van der Waals surface area contributed by atoms with Crippen molar-refractivity contribution < 1.29 is 20.1 Å². The molecule has 10 heteroatoms. The largest absolute Gasteiger partial charge is 0.394 e. The Labute approximate surface area is 128 Å². The molecule has 10 nitrogen and oxygen atoms in total. The second-order valence-electron chi connectivity index (χ2n) is 5.21. The molecule has 23 heavy (non-hydrogen) atoms. The molecule has 0 unspecified atom stereocenters. The Morgan fingerprint density at radius 3 is 2.74 bits per heavy atom. The fourth-order valence-corrected chi connectivity index (χ4v) is 2.63. The second kappa shape index (κ2) is 5.74. The molecule has 4 atom stereocenters. The summed E-state index contributed by atoms with van der Waals surface area (Å²) in [6.07, 6.45) is -2.07. The van der Waals surface area contributed by atoms with Crippen LogP contribution in [0.4, 0.5) is 0 Å². The molecule has 2 aromatic heterocycles. The molecule has 0 amide bonds. The van der Waals surface area contributed by atoms with E-state index in [2.05, 4.69) is 16.5 Å². The predicted octanol–water partition coefficient (Wildman–Crippen LogP) is -2.32. The normalized spacial score (nSPS) is 27.6. The summed E-state index contributed by atoms with van der Waals surface area (Å²) in [7, 11) is 0. The third-order valence-electron chi connectivity index (χ3n) is 3.81. The van der Waals surface area contributed by atoms with Gasteiger partial charge in [-0.25, -0.2) is 9.78 Å². The minimum absolute atomic E-state index is 0.0100. The maximum atomic E-state index is 12.3. The smallest absolute Gasteiger partial charge is 0.330 e. The number of aliphatic hydroxyl groups is 3. The first-order chi connectivity index (χ1) is 11.0. The summed E-state index contributed by atoms with van der Waals surface area (Å²) in [5, 5.41) is 29.0. The van der Waals surface area contributed by atoms with Gasteiger partial charge in [0.25, 0.3) is 5.56 Å². The van der Waals surface area contributed by atoms with Crippen molar-refractivity contribution in [3.05, 3.63) is 39.8 Å². The van der Waals surface area contributed by atoms with Crippen molar-refractivity contribution in [2.75, 3.05) is 6.61 Å². The van der Waals surface area contributed by atoms with Crippen molar-refractivity contribution >= 4 is 11.2 Å². The number of hydrogen-bond acceptors (Lipinski definition) is 7. The van der Waals surface area contributed by atoms with Crippen molar-refractivity contribution in [2.24, 2.45) is 0 Å². The lowest BCUT2D eigenvalue weighted by Crippen LogP contribution is -2.35. The zero-order valence-electron chi connectivity index (χ0n) is 12.0. The predicted molar refractivity (Wildman–Crippen MR) is 77.8 cm³/mol. The van der Waals surface area contributed by atoms with E-state index in [1.807, 2.05) is 0 Å². The highest BCUT2D eigenvalue weighted by Crippen LogP contribution is 2.30. The number of aliphatic hydroxyl groups excluding tert-OH is 3. The Morgan fingerprint density at radius 2 is 2.13 bits per heavy atom. The van der Waals surface area contributed by atoms with E-state index in [1.54, 1.807) is 0 Å². The monoisotopic (exact) mass is 324 g/mol. The van der Waals surface area contributed by atoms with Gasteiger partial charge in [-0.3, -0.25) is 18.9 Å². The maximum absolute atomic E-state index is 12.3. The van der Waals surface area contributed by atoms with E-state index in [0.29, 0.717) is 0 Å². The Bertz CT molecular complexity index is 852. The van der Waals surface area contributed by atoms with Crippen LogP contribution in [-0.2, 0) is 11.3 Å². The van der Waals surface area contributed by atoms with Gasteiger partial charge in [-0.05, 0) is 0 Å². The number of imidazole rings is 1. The highest BCUT2D eigenvalue weighted by Gasteiger charge is 2.44. The van der Waals surface area contributed by atoms with Gasteiger partial charge in [0, 0.05) is 6.54 Å². The van der Waals surface area contributed by atoms with Crippen LogP contribution in [0.2, 0.25) is 0 Å². The number of nitrogens with zero attached hydrogens (tertiary/aromatic N) is 3. The molecule has 1 aliphatic heterocycles. The van der Waals surface area contributed by atoms with Crippen molar-refractivity contribution in [1.82, 2.24) is 19.1 Å². The van der Waals surface area contributed by atoms with E-state index in [0.717, 1.165) is 4.57 Å². The van der Waals surface area contributed by atoms with Crippen molar-refractivity contribution in [3.8, 4) is 0 Å². The molecule has 1 aliphatic rings. The zero-order valence-corrected chi connectivity index (χ0v) is 12.0. The summed E-state index contributed by atoms with van der Waals surface area (Å²) in [5.74, 6) is 0. The van der Waals surface area contributed by atoms with Crippen molar-refractivity contribution in [1.29, 1.82) is 0 Å².